The van der Waals surface area contributed by atoms with Crippen LogP contribution >= 0.6 is 20.0 Å². The summed E-state index contributed by atoms with van der Waals surface area (Å²) >= 11 is 1.73. The predicted molar refractivity (Wildman–Crippen MR) is 106 cm³/mol. The van der Waals surface area contributed by atoms with Gasteiger partial charge in [0.1, 0.15) is 11.5 Å². The van der Waals surface area contributed by atoms with Gasteiger partial charge in [-0.25, -0.2) is 4.57 Å². The fourth-order valence-corrected chi connectivity index (χ4v) is 4.76. The minimum Gasteiger partial charge on any atom is -0.422 e. The van der Waals surface area contributed by atoms with Gasteiger partial charge in [0, 0.05) is 15.4 Å². The number of hydrogen-bond acceptors (Lipinski definition) is 4. The zero-order valence-corrected chi connectivity index (χ0v) is 16.0. The van der Waals surface area contributed by atoms with Gasteiger partial charge >= 0.3 is 8.25 Å². The Morgan fingerprint density at radius 2 is 1.35 bits per heavy atom. The Hall–Kier alpha value is -2.42. The normalized spacial score (nSPS) is 13.3. The lowest BCUT2D eigenvalue weighted by molar-refractivity contribution is 0.359. The van der Waals surface area contributed by atoms with Gasteiger partial charge in [0.05, 0.1) is 0 Å². The zero-order valence-electron chi connectivity index (χ0n) is 14.1. The Balaban J connectivity index is 1.70. The van der Waals surface area contributed by atoms with Crippen molar-refractivity contribution in [1.82, 2.24) is 0 Å². The maximum absolute atomic E-state index is 12.4. The minimum absolute atomic E-state index is 0.536. The first-order valence-electron chi connectivity index (χ1n) is 8.24. The zero-order chi connectivity index (χ0) is 17.9. The number of para-hydroxylation sites is 1. The van der Waals surface area contributed by atoms with Crippen molar-refractivity contribution in [1.29, 1.82) is 0 Å². The van der Waals surface area contributed by atoms with Crippen molar-refractivity contribution in [3.05, 3.63) is 95.7 Å². The third-order valence-electron chi connectivity index (χ3n) is 4.07. The van der Waals surface area contributed by atoms with E-state index in [0.717, 1.165) is 26.5 Å². The van der Waals surface area contributed by atoms with E-state index in [-0.39, 0.29) is 0 Å². The van der Waals surface area contributed by atoms with Gasteiger partial charge in [-0.2, -0.15) is 0 Å². The van der Waals surface area contributed by atoms with Crippen molar-refractivity contribution in [3.8, 4) is 5.75 Å². The van der Waals surface area contributed by atoms with Gasteiger partial charge in [-0.1, -0.05) is 66.4 Å². The van der Waals surface area contributed by atoms with Gasteiger partial charge in [0.2, 0.25) is 0 Å². The summed E-state index contributed by atoms with van der Waals surface area (Å²) in [6.07, 6.45) is 0. The molecule has 0 N–H and O–H groups in total. The van der Waals surface area contributed by atoms with Crippen molar-refractivity contribution < 1.29 is 13.6 Å². The molecule has 5 heteroatoms. The van der Waals surface area contributed by atoms with E-state index in [1.165, 1.54) is 0 Å². The number of rotatable bonds is 4. The van der Waals surface area contributed by atoms with E-state index >= 15 is 0 Å². The molecule has 3 aromatic carbocycles. The second-order valence-corrected chi connectivity index (χ2v) is 7.78. The Morgan fingerprint density at radius 1 is 0.808 bits per heavy atom. The van der Waals surface area contributed by atoms with Crippen LogP contribution in [0.3, 0.4) is 0 Å². The summed E-state index contributed by atoms with van der Waals surface area (Å²) in [5, 5.41) is 0. The molecule has 3 nitrogen and oxygen atoms in total. The van der Waals surface area contributed by atoms with Gasteiger partial charge in [-0.3, -0.25) is 0 Å². The largest absolute Gasteiger partial charge is 0.422 e. The summed E-state index contributed by atoms with van der Waals surface area (Å²) in [4.78, 5) is 2.32. The number of fused-ring (bicyclic) bond motifs is 2. The summed E-state index contributed by atoms with van der Waals surface area (Å²) in [5.74, 6) is 1.14. The average molecular weight is 380 g/mol. The highest BCUT2D eigenvalue weighted by Gasteiger charge is 2.23. The molecule has 0 aromatic heterocycles. The van der Waals surface area contributed by atoms with E-state index in [1.54, 1.807) is 23.9 Å². The fraction of sp³-hybridized carbons (Fsp3) is 0.0476. The molecule has 0 amide bonds. The molecule has 1 unspecified atom stereocenters. The summed E-state index contributed by atoms with van der Waals surface area (Å²) in [7, 11) is -2.71. The van der Waals surface area contributed by atoms with Crippen LogP contribution in [0, 0.1) is 0 Å². The Bertz CT molecular complexity index is 951. The molecule has 0 spiro atoms. The van der Waals surface area contributed by atoms with E-state index in [1.807, 2.05) is 49.4 Å². The first-order chi connectivity index (χ1) is 12.7. The predicted octanol–water partition coefficient (Wildman–Crippen LogP) is 6.42. The standard InChI is InChI=1S/C21H17O3PS/c1-15(23-25(22)24-16-9-3-2-4-10-16)21-17-11-5-7-13-19(17)26-20-14-8-6-12-18(20)21/h2-14,25H,1H3. The monoisotopic (exact) mass is 380 g/mol. The van der Waals surface area contributed by atoms with Crippen LogP contribution in [0.2, 0.25) is 0 Å². The smallest absolute Gasteiger partial charge is 0.418 e. The molecule has 26 heavy (non-hydrogen) atoms. The fourth-order valence-electron chi connectivity index (χ4n) is 2.95. The molecule has 0 saturated carbocycles. The van der Waals surface area contributed by atoms with E-state index in [9.17, 15) is 4.57 Å². The molecule has 4 rings (SSSR count). The lowest BCUT2D eigenvalue weighted by Gasteiger charge is -2.23. The van der Waals surface area contributed by atoms with Crippen LogP contribution in [0.5, 0.6) is 5.75 Å². The molecule has 0 radical (unpaired) electrons. The third kappa shape index (κ3) is 3.44. The molecule has 0 bridgehead atoms. The van der Waals surface area contributed by atoms with Gasteiger partial charge in [0.25, 0.3) is 0 Å². The summed E-state index contributed by atoms with van der Waals surface area (Å²) in [5.41, 5.74) is 3.14. The van der Waals surface area contributed by atoms with E-state index < -0.39 is 8.25 Å². The van der Waals surface area contributed by atoms with Crippen LogP contribution in [0.25, 0.3) is 5.57 Å². The van der Waals surface area contributed by atoms with Crippen molar-refractivity contribution in [2.24, 2.45) is 0 Å². The maximum atomic E-state index is 12.4. The quantitative estimate of drug-likeness (QED) is 0.302. The first kappa shape index (κ1) is 17.0. The first-order valence-corrected chi connectivity index (χ1v) is 10.3. The minimum atomic E-state index is -2.71. The lowest BCUT2D eigenvalue weighted by atomic mass is 9.96. The van der Waals surface area contributed by atoms with Crippen LogP contribution in [0.15, 0.2) is 94.4 Å². The van der Waals surface area contributed by atoms with E-state index in [0.29, 0.717) is 11.5 Å². The van der Waals surface area contributed by atoms with Crippen LogP contribution in [0.4, 0.5) is 0 Å². The van der Waals surface area contributed by atoms with E-state index in [4.69, 9.17) is 9.05 Å². The van der Waals surface area contributed by atoms with E-state index in [2.05, 4.69) is 24.3 Å². The van der Waals surface area contributed by atoms with Crippen molar-refractivity contribution in [2.75, 3.05) is 0 Å². The lowest BCUT2D eigenvalue weighted by Crippen LogP contribution is -2.02. The topological polar surface area (TPSA) is 35.5 Å². The average Bonchev–Trinajstić information content (AvgIpc) is 2.66. The Labute approximate surface area is 157 Å². The molecule has 3 aromatic rings. The Morgan fingerprint density at radius 3 is 1.96 bits per heavy atom. The third-order valence-corrected chi connectivity index (χ3v) is 6.09. The molecular formula is C21H17O3PS. The summed E-state index contributed by atoms with van der Waals surface area (Å²) in [6.45, 7) is 1.84. The maximum Gasteiger partial charge on any atom is 0.418 e. The number of benzene rings is 3. The van der Waals surface area contributed by atoms with Gasteiger partial charge in [-0.05, 0) is 42.3 Å². The number of allylic oxidation sites excluding steroid dienone is 1. The van der Waals surface area contributed by atoms with Crippen LogP contribution in [-0.4, -0.2) is 0 Å². The molecule has 1 aliphatic heterocycles. The molecule has 1 heterocycles. The highest BCUT2D eigenvalue weighted by molar-refractivity contribution is 7.99. The van der Waals surface area contributed by atoms with Gasteiger partial charge < -0.3 is 9.05 Å². The molecule has 0 fully saturated rings. The highest BCUT2D eigenvalue weighted by atomic mass is 32.2. The van der Waals surface area contributed by atoms with Gasteiger partial charge in [-0.15, -0.1) is 0 Å². The molecule has 1 atom stereocenters. The second-order valence-electron chi connectivity index (χ2n) is 5.79. The molecule has 0 aliphatic carbocycles. The van der Waals surface area contributed by atoms with Crippen LogP contribution in [0.1, 0.15) is 18.1 Å². The second kappa shape index (κ2) is 7.45. The summed E-state index contributed by atoms with van der Waals surface area (Å²) in [6, 6.07) is 25.4. The molecule has 0 saturated heterocycles. The summed E-state index contributed by atoms with van der Waals surface area (Å²) < 4.78 is 23.5. The molecule has 130 valence electrons. The SMILES string of the molecule is CC(O[PH](=O)Oc1ccccc1)=C1c2ccccc2Sc2ccccc21. The van der Waals surface area contributed by atoms with Crippen LogP contribution < -0.4 is 4.52 Å². The molecular weight excluding hydrogens is 363 g/mol. The number of hydrogen-bond donors (Lipinski definition) is 0. The Kier molecular flexibility index (Phi) is 4.87. The molecule has 1 aliphatic rings. The van der Waals surface area contributed by atoms with Crippen molar-refractivity contribution in [2.45, 2.75) is 16.7 Å². The van der Waals surface area contributed by atoms with Crippen molar-refractivity contribution in [3.63, 3.8) is 0 Å². The highest BCUT2D eigenvalue weighted by Crippen LogP contribution is 2.47. The van der Waals surface area contributed by atoms with Crippen LogP contribution in [-0.2, 0) is 9.09 Å². The van der Waals surface area contributed by atoms with Crippen molar-refractivity contribution >= 4 is 25.6 Å². The van der Waals surface area contributed by atoms with Gasteiger partial charge in [0.15, 0.2) is 0 Å².